The molecule has 0 heterocycles. The molecule has 0 spiro atoms. The van der Waals surface area contributed by atoms with E-state index >= 15 is 0 Å². The molecule has 0 bridgehead atoms. The Hall–Kier alpha value is -1.14. The summed E-state index contributed by atoms with van der Waals surface area (Å²) in [6.45, 7) is 29.4. The average Bonchev–Trinajstić information content (AvgIpc) is 3.10. The molecule has 48 heavy (non-hydrogen) atoms. The highest BCUT2D eigenvalue weighted by atomic mass is 16.4. The predicted molar refractivity (Wildman–Crippen MR) is 206 cm³/mol. The normalized spacial score (nSPS) is 11.4. The molecule has 6 heteroatoms. The number of nitrogens with zero attached hydrogens (tertiary/aromatic N) is 2. The monoisotopic (exact) mass is 685 g/mol. The lowest BCUT2D eigenvalue weighted by Crippen LogP contribution is -2.48. The minimum absolute atomic E-state index is 1.31. The van der Waals surface area contributed by atoms with Gasteiger partial charge in [0.05, 0.1) is 64.3 Å². The summed E-state index contributed by atoms with van der Waals surface area (Å²) >= 11 is 0. The summed E-state index contributed by atoms with van der Waals surface area (Å²) < 4.78 is 2.66. The number of aliphatic carboxylic acids is 2. The number of carboxylic acid groups (broad SMARTS) is 2. The summed E-state index contributed by atoms with van der Waals surface area (Å²) in [6.07, 6.45) is 34.9. The molecule has 0 aromatic heterocycles. The van der Waals surface area contributed by atoms with Gasteiger partial charge in [0.2, 0.25) is 0 Å². The van der Waals surface area contributed by atoms with Crippen LogP contribution in [0.25, 0.3) is 0 Å². The number of rotatable bonds is 32. The van der Waals surface area contributed by atoms with Gasteiger partial charge in [0.25, 0.3) is 0 Å². The predicted octanol–water partition coefficient (Wildman–Crippen LogP) is 9.61. The first-order valence-corrected chi connectivity index (χ1v) is 21.3. The van der Waals surface area contributed by atoms with Crippen LogP contribution in [0.2, 0.25) is 0 Å². The van der Waals surface area contributed by atoms with Gasteiger partial charge in [0, 0.05) is 0 Å². The molecule has 0 radical (unpaired) electrons. The highest BCUT2D eigenvalue weighted by Gasteiger charge is 2.20. The minimum Gasteiger partial charge on any atom is -0.543 e. The van der Waals surface area contributed by atoms with Crippen molar-refractivity contribution in [3.05, 3.63) is 0 Å². The van der Waals surface area contributed by atoms with Gasteiger partial charge in [0.1, 0.15) is 0 Å². The third-order valence-corrected chi connectivity index (χ3v) is 11.2. The first-order chi connectivity index (χ1) is 23.1. The van der Waals surface area contributed by atoms with E-state index in [0.717, 1.165) is 0 Å². The van der Waals surface area contributed by atoms with Crippen LogP contribution in [0.3, 0.4) is 0 Å². The van der Waals surface area contributed by atoms with Crippen LogP contribution >= 0.6 is 0 Å². The van der Waals surface area contributed by atoms with Crippen LogP contribution in [-0.4, -0.2) is 73.3 Å². The molecule has 6 nitrogen and oxygen atoms in total. The van der Waals surface area contributed by atoms with Gasteiger partial charge in [-0.15, -0.1) is 0 Å². The number of hydrogen-bond donors (Lipinski definition) is 0. The van der Waals surface area contributed by atoms with Gasteiger partial charge >= 0.3 is 0 Å². The Balaban J connectivity index is -0.000000720. The molecule has 0 aromatic rings. The topological polar surface area (TPSA) is 80.3 Å². The molecule has 0 aliphatic heterocycles. The second-order valence-corrected chi connectivity index (χ2v) is 14.4. The van der Waals surface area contributed by atoms with E-state index in [-0.39, 0.29) is 0 Å². The van der Waals surface area contributed by atoms with Crippen molar-refractivity contribution in [1.29, 1.82) is 0 Å². The summed E-state index contributed by atoms with van der Waals surface area (Å²) in [4.78, 5) is 17.9. The van der Waals surface area contributed by atoms with Crippen LogP contribution < -0.4 is 10.2 Å². The van der Waals surface area contributed by atoms with E-state index in [0.29, 0.717) is 0 Å². The maximum absolute atomic E-state index is 8.93. The number of unbranched alkanes of at least 4 members (excludes halogenated alkanes) is 22. The van der Waals surface area contributed by atoms with Crippen molar-refractivity contribution in [2.75, 3.05) is 52.4 Å². The molecule has 0 amide bonds. The van der Waals surface area contributed by atoms with Crippen LogP contribution in [0.5, 0.6) is 0 Å². The van der Waals surface area contributed by atoms with Crippen LogP contribution in [-0.2, 0) is 9.59 Å². The Morgan fingerprint density at radius 1 is 0.312 bits per heavy atom. The van der Waals surface area contributed by atoms with E-state index in [1.165, 1.54) is 215 Å². The van der Waals surface area contributed by atoms with Crippen LogP contribution in [0, 0.1) is 0 Å². The number of hydrogen-bond acceptors (Lipinski definition) is 4. The third-order valence-electron chi connectivity index (χ3n) is 11.2. The van der Waals surface area contributed by atoms with Crippen molar-refractivity contribution in [1.82, 2.24) is 0 Å². The lowest BCUT2D eigenvalue weighted by molar-refractivity contribution is -0.923. The Bertz CT molecular complexity index is 589. The van der Waals surface area contributed by atoms with E-state index in [2.05, 4.69) is 55.4 Å². The highest BCUT2D eigenvalue weighted by Crippen LogP contribution is 2.15. The lowest BCUT2D eigenvalue weighted by atomic mass is 10.1. The Labute approximate surface area is 302 Å². The molecule has 0 fully saturated rings. The van der Waals surface area contributed by atoms with Crippen molar-refractivity contribution >= 4 is 11.9 Å². The molecule has 0 unspecified atom stereocenters. The third kappa shape index (κ3) is 33.4. The fraction of sp³-hybridized carbons (Fsp3) is 0.952. The van der Waals surface area contributed by atoms with Gasteiger partial charge in [0.15, 0.2) is 0 Å². The smallest absolute Gasteiger partial charge is 0.0870 e. The Kier molecular flexibility index (Phi) is 41.3. The lowest BCUT2D eigenvalue weighted by Gasteiger charge is -2.35. The molecule has 0 saturated carbocycles. The van der Waals surface area contributed by atoms with E-state index in [4.69, 9.17) is 19.8 Å². The Morgan fingerprint density at radius 2 is 0.479 bits per heavy atom. The first-order valence-electron chi connectivity index (χ1n) is 21.3. The Morgan fingerprint density at radius 3 is 0.625 bits per heavy atom. The second-order valence-electron chi connectivity index (χ2n) is 14.4. The summed E-state index contributed by atoms with van der Waals surface area (Å²) in [5.74, 6) is -4.37. The zero-order valence-corrected chi connectivity index (χ0v) is 34.2. The largest absolute Gasteiger partial charge is 0.543 e. The number of carbonyl (C=O) groups excluding carboxylic acids is 2. The number of carbonyl (C=O) groups is 2. The fourth-order valence-electron chi connectivity index (χ4n) is 6.87. The second kappa shape index (κ2) is 38.7. The molecule has 0 N–H and O–H groups in total. The molecule has 0 rings (SSSR count). The summed E-state index contributed by atoms with van der Waals surface area (Å²) in [6, 6.07) is 0. The molecular formula is C42H88N2O4. The van der Waals surface area contributed by atoms with Crippen molar-refractivity contribution in [2.24, 2.45) is 0 Å². The quantitative estimate of drug-likeness (QED) is 0.0402. The first kappa shape index (κ1) is 51.2. The summed E-state index contributed by atoms with van der Waals surface area (Å²) in [5, 5.41) is 17.9. The average molecular weight is 685 g/mol. The van der Waals surface area contributed by atoms with Gasteiger partial charge in [-0.25, -0.2) is 0 Å². The molecule has 0 saturated heterocycles. The standard InChI is InChI=1S/2C20H44N.C2H2O4/c2*1-5-9-10-11-12-13-14-15-16-17-18-19-20-21(6-2,7-3)8-4;3-1(4)2(5)6/h2*5-20H2,1-4H3;(H,3,4)(H,5,6)/q2*+1;/p-2. The van der Waals surface area contributed by atoms with Gasteiger partial charge in [-0.3, -0.25) is 0 Å². The van der Waals surface area contributed by atoms with Crippen molar-refractivity contribution in [2.45, 2.75) is 209 Å². The van der Waals surface area contributed by atoms with Crippen LogP contribution in [0.4, 0.5) is 0 Å². The van der Waals surface area contributed by atoms with E-state index < -0.39 is 11.9 Å². The van der Waals surface area contributed by atoms with E-state index in [1.54, 1.807) is 0 Å². The van der Waals surface area contributed by atoms with Crippen molar-refractivity contribution in [3.63, 3.8) is 0 Å². The SMILES string of the molecule is CCCCCCCCCCCCCC[N+](CC)(CC)CC.CCCCCCCCCCCCCC[N+](CC)(CC)CC.O=C([O-])C(=O)[O-]. The molecule has 0 aromatic carbocycles. The van der Waals surface area contributed by atoms with Gasteiger partial charge < -0.3 is 28.8 Å². The summed E-state index contributed by atoms with van der Waals surface area (Å²) in [7, 11) is 0. The number of quaternary nitrogens is 2. The van der Waals surface area contributed by atoms with Gasteiger partial charge in [-0.2, -0.15) is 0 Å². The zero-order valence-electron chi connectivity index (χ0n) is 34.2. The van der Waals surface area contributed by atoms with Crippen LogP contribution in [0.15, 0.2) is 0 Å². The molecule has 290 valence electrons. The maximum Gasteiger partial charge on any atom is 0.0870 e. The van der Waals surface area contributed by atoms with Gasteiger partial charge in [-0.1, -0.05) is 142 Å². The van der Waals surface area contributed by atoms with E-state index in [9.17, 15) is 0 Å². The maximum atomic E-state index is 8.93. The van der Waals surface area contributed by atoms with Crippen molar-refractivity contribution < 1.29 is 28.8 Å². The minimum atomic E-state index is -2.19. The molecule has 0 aliphatic rings. The van der Waals surface area contributed by atoms with E-state index in [1.807, 2.05) is 0 Å². The fourth-order valence-corrected chi connectivity index (χ4v) is 6.87. The zero-order chi connectivity index (χ0) is 36.8. The molecule has 0 atom stereocenters. The summed E-state index contributed by atoms with van der Waals surface area (Å²) in [5.41, 5.74) is 0. The van der Waals surface area contributed by atoms with Gasteiger partial charge in [-0.05, 0) is 67.2 Å². The number of carboxylic acids is 2. The molecule has 0 aliphatic carbocycles. The highest BCUT2D eigenvalue weighted by molar-refractivity contribution is 6.25. The van der Waals surface area contributed by atoms with Crippen LogP contribution in [0.1, 0.15) is 209 Å². The molecular weight excluding hydrogens is 596 g/mol. The van der Waals surface area contributed by atoms with Crippen molar-refractivity contribution in [3.8, 4) is 0 Å².